The molecule has 0 aromatic rings. The van der Waals surface area contributed by atoms with Crippen molar-refractivity contribution in [3.63, 3.8) is 0 Å². The van der Waals surface area contributed by atoms with Crippen LogP contribution in [0.25, 0.3) is 0 Å². The maximum Gasteiger partial charge on any atom is 0.404 e. The van der Waals surface area contributed by atoms with Gasteiger partial charge in [-0.2, -0.15) is 0 Å². The SMILES string of the molecule is O=C(O)NCCCC1=CC(=O)NC1=O. The third-order valence-corrected chi connectivity index (χ3v) is 1.73. The Morgan fingerprint density at radius 2 is 2.21 bits per heavy atom. The molecule has 0 unspecified atom stereocenters. The lowest BCUT2D eigenvalue weighted by atomic mass is 10.1. The van der Waals surface area contributed by atoms with Gasteiger partial charge < -0.3 is 10.4 Å². The lowest BCUT2D eigenvalue weighted by Gasteiger charge is -2.00. The van der Waals surface area contributed by atoms with Crippen LogP contribution in [0, 0.1) is 0 Å². The van der Waals surface area contributed by atoms with Crippen LogP contribution in [0.3, 0.4) is 0 Å². The van der Waals surface area contributed by atoms with Crippen LogP contribution < -0.4 is 10.6 Å². The largest absolute Gasteiger partial charge is 0.465 e. The summed E-state index contributed by atoms with van der Waals surface area (Å²) in [5.41, 5.74) is 0.405. The summed E-state index contributed by atoms with van der Waals surface area (Å²) in [6, 6.07) is 0. The second-order valence-corrected chi connectivity index (χ2v) is 2.82. The van der Waals surface area contributed by atoms with Gasteiger partial charge in [-0.25, -0.2) is 4.79 Å². The molecule has 0 saturated heterocycles. The van der Waals surface area contributed by atoms with Gasteiger partial charge in [0.05, 0.1) is 0 Å². The lowest BCUT2D eigenvalue weighted by Crippen LogP contribution is -2.23. The number of nitrogens with one attached hydrogen (secondary N) is 2. The molecule has 0 spiro atoms. The van der Waals surface area contributed by atoms with Crippen LogP contribution in [0.2, 0.25) is 0 Å². The highest BCUT2D eigenvalue weighted by molar-refractivity contribution is 6.16. The highest BCUT2D eigenvalue weighted by atomic mass is 16.4. The van der Waals surface area contributed by atoms with Crippen LogP contribution in [0.4, 0.5) is 4.79 Å². The predicted octanol–water partition coefficient (Wildman–Crippen LogP) is -0.383. The first kappa shape index (κ1) is 10.2. The quantitative estimate of drug-likeness (QED) is 0.423. The Bertz CT molecular complexity index is 308. The van der Waals surface area contributed by atoms with Crippen LogP contribution in [-0.2, 0) is 9.59 Å². The molecule has 76 valence electrons. The molecule has 3 amide bonds. The molecule has 6 nitrogen and oxygen atoms in total. The Kier molecular flexibility index (Phi) is 3.22. The average Bonchev–Trinajstić information content (AvgIpc) is 2.39. The fourth-order valence-electron chi connectivity index (χ4n) is 1.11. The van der Waals surface area contributed by atoms with E-state index in [1.165, 1.54) is 6.08 Å². The minimum atomic E-state index is -1.09. The van der Waals surface area contributed by atoms with Crippen molar-refractivity contribution in [2.24, 2.45) is 0 Å². The van der Waals surface area contributed by atoms with E-state index in [9.17, 15) is 14.4 Å². The lowest BCUT2D eigenvalue weighted by molar-refractivity contribution is -0.123. The fraction of sp³-hybridized carbons (Fsp3) is 0.375. The summed E-state index contributed by atoms with van der Waals surface area (Å²) < 4.78 is 0. The third kappa shape index (κ3) is 2.89. The van der Waals surface area contributed by atoms with Crippen molar-refractivity contribution in [3.8, 4) is 0 Å². The first-order valence-electron chi connectivity index (χ1n) is 4.12. The summed E-state index contributed by atoms with van der Waals surface area (Å²) in [5, 5.41) is 12.5. The first-order chi connectivity index (χ1) is 6.59. The smallest absolute Gasteiger partial charge is 0.404 e. The molecule has 0 aliphatic carbocycles. The van der Waals surface area contributed by atoms with Gasteiger partial charge in [-0.05, 0) is 12.8 Å². The molecule has 0 fully saturated rings. The third-order valence-electron chi connectivity index (χ3n) is 1.73. The summed E-state index contributed by atoms with van der Waals surface area (Å²) >= 11 is 0. The van der Waals surface area contributed by atoms with E-state index >= 15 is 0 Å². The number of imide groups is 1. The van der Waals surface area contributed by atoms with E-state index in [0.717, 1.165) is 0 Å². The summed E-state index contributed by atoms with van der Waals surface area (Å²) in [6.07, 6.45) is 1.05. The Hall–Kier alpha value is -1.85. The Morgan fingerprint density at radius 1 is 1.50 bits per heavy atom. The van der Waals surface area contributed by atoms with Crippen LogP contribution in [0.1, 0.15) is 12.8 Å². The van der Waals surface area contributed by atoms with Gasteiger partial charge >= 0.3 is 6.09 Å². The normalized spacial score (nSPS) is 15.0. The maximum atomic E-state index is 11.0. The van der Waals surface area contributed by atoms with E-state index in [-0.39, 0.29) is 12.5 Å². The molecule has 1 heterocycles. The minimum absolute atomic E-state index is 0.272. The zero-order valence-electron chi connectivity index (χ0n) is 7.37. The summed E-state index contributed by atoms with van der Waals surface area (Å²) in [7, 11) is 0. The van der Waals surface area contributed by atoms with Crippen molar-refractivity contribution >= 4 is 17.9 Å². The van der Waals surface area contributed by atoms with Crippen molar-refractivity contribution in [3.05, 3.63) is 11.6 Å². The van der Waals surface area contributed by atoms with Crippen molar-refractivity contribution < 1.29 is 19.5 Å². The first-order valence-corrected chi connectivity index (χ1v) is 4.12. The number of carbonyl (C=O) groups excluding carboxylic acids is 2. The van der Waals surface area contributed by atoms with E-state index in [4.69, 9.17) is 5.11 Å². The molecule has 0 aromatic carbocycles. The van der Waals surface area contributed by atoms with E-state index in [1.807, 2.05) is 0 Å². The van der Waals surface area contributed by atoms with Gasteiger partial charge in [-0.1, -0.05) is 0 Å². The number of hydrogen-bond acceptors (Lipinski definition) is 3. The highest BCUT2D eigenvalue weighted by Crippen LogP contribution is 2.08. The average molecular weight is 198 g/mol. The predicted molar refractivity (Wildman–Crippen MR) is 46.5 cm³/mol. The van der Waals surface area contributed by atoms with Gasteiger partial charge in [-0.3, -0.25) is 14.9 Å². The monoisotopic (exact) mass is 198 g/mol. The van der Waals surface area contributed by atoms with Crippen molar-refractivity contribution in [2.45, 2.75) is 12.8 Å². The van der Waals surface area contributed by atoms with Gasteiger partial charge in [-0.15, -0.1) is 0 Å². The minimum Gasteiger partial charge on any atom is -0.465 e. The molecule has 3 N–H and O–H groups in total. The van der Waals surface area contributed by atoms with Crippen LogP contribution in [0.15, 0.2) is 11.6 Å². The highest BCUT2D eigenvalue weighted by Gasteiger charge is 2.19. The Labute approximate surface area is 80.0 Å². The summed E-state index contributed by atoms with van der Waals surface area (Å²) in [6.45, 7) is 0.272. The number of amides is 3. The molecule has 1 aliphatic heterocycles. The number of carboxylic acid groups (broad SMARTS) is 1. The molecule has 1 aliphatic rings. The summed E-state index contributed by atoms with van der Waals surface area (Å²) in [5.74, 6) is -0.790. The molecular weight excluding hydrogens is 188 g/mol. The van der Waals surface area contributed by atoms with Gasteiger partial charge in [0.15, 0.2) is 0 Å². The molecule has 14 heavy (non-hydrogen) atoms. The number of rotatable bonds is 4. The van der Waals surface area contributed by atoms with E-state index in [1.54, 1.807) is 0 Å². The molecule has 1 rings (SSSR count). The van der Waals surface area contributed by atoms with E-state index in [0.29, 0.717) is 18.4 Å². The van der Waals surface area contributed by atoms with Gasteiger partial charge in [0, 0.05) is 18.2 Å². The fourth-order valence-corrected chi connectivity index (χ4v) is 1.11. The zero-order valence-corrected chi connectivity index (χ0v) is 7.37. The van der Waals surface area contributed by atoms with Crippen LogP contribution in [-0.4, -0.2) is 29.6 Å². The summed E-state index contributed by atoms with van der Waals surface area (Å²) in [4.78, 5) is 31.7. The number of hydrogen-bond donors (Lipinski definition) is 3. The molecule has 0 radical (unpaired) electrons. The topological polar surface area (TPSA) is 95.5 Å². The van der Waals surface area contributed by atoms with Gasteiger partial charge in [0.2, 0.25) is 0 Å². The van der Waals surface area contributed by atoms with Crippen molar-refractivity contribution in [1.82, 2.24) is 10.6 Å². The molecule has 6 heteroatoms. The van der Waals surface area contributed by atoms with Crippen LogP contribution >= 0.6 is 0 Å². The van der Waals surface area contributed by atoms with Gasteiger partial charge in [0.1, 0.15) is 0 Å². The van der Waals surface area contributed by atoms with E-state index in [2.05, 4.69) is 10.6 Å². The zero-order chi connectivity index (χ0) is 10.6. The number of carbonyl (C=O) groups is 3. The molecule has 0 saturated carbocycles. The van der Waals surface area contributed by atoms with Crippen molar-refractivity contribution in [1.29, 1.82) is 0 Å². The second-order valence-electron chi connectivity index (χ2n) is 2.82. The molecular formula is C8H10N2O4. The molecule has 0 bridgehead atoms. The standard InChI is InChI=1S/C8H10N2O4/c11-6-4-5(7(12)10-6)2-1-3-9-8(13)14/h4,9H,1-3H2,(H,13,14)(H,10,11,12). The van der Waals surface area contributed by atoms with Crippen LogP contribution in [0.5, 0.6) is 0 Å². The second kappa shape index (κ2) is 4.40. The Morgan fingerprint density at radius 3 is 2.71 bits per heavy atom. The van der Waals surface area contributed by atoms with E-state index < -0.39 is 12.0 Å². The molecule has 0 atom stereocenters. The van der Waals surface area contributed by atoms with Crippen molar-refractivity contribution in [2.75, 3.05) is 6.54 Å². The van der Waals surface area contributed by atoms with Gasteiger partial charge in [0.25, 0.3) is 11.8 Å². The Balaban J connectivity index is 2.25. The maximum absolute atomic E-state index is 11.0. The molecule has 0 aromatic heterocycles.